The van der Waals surface area contributed by atoms with Gasteiger partial charge >= 0.3 is 0 Å². The number of piperidine rings is 1. The van der Waals surface area contributed by atoms with Crippen molar-refractivity contribution in [1.82, 2.24) is 19.8 Å². The minimum atomic E-state index is -0.348. The number of carbonyl (C=O) groups is 1. The summed E-state index contributed by atoms with van der Waals surface area (Å²) >= 11 is 5.95. The molecule has 1 aliphatic heterocycles. The lowest BCUT2D eigenvalue weighted by Crippen LogP contribution is -2.45. The Morgan fingerprint density at radius 3 is 2.66 bits per heavy atom. The molecule has 1 amide bonds. The number of amides is 1. The van der Waals surface area contributed by atoms with Crippen LogP contribution in [0.2, 0.25) is 5.02 Å². The molecule has 8 heteroatoms. The van der Waals surface area contributed by atoms with Gasteiger partial charge in [-0.25, -0.2) is 4.98 Å². The normalized spacial score (nSPS) is 15.4. The minimum absolute atomic E-state index is 0.0796. The fourth-order valence-corrected chi connectivity index (χ4v) is 4.37. The number of likely N-dealkylation sites (tertiary alicyclic amines) is 1. The summed E-state index contributed by atoms with van der Waals surface area (Å²) in [6, 6.07) is 15.4. The van der Waals surface area contributed by atoms with Crippen LogP contribution in [0.5, 0.6) is 0 Å². The number of nitrogens with one attached hydrogen (secondary N) is 1. The van der Waals surface area contributed by atoms with E-state index in [9.17, 15) is 9.59 Å². The number of para-hydroxylation sites is 1. The molecule has 0 bridgehead atoms. The molecular formula is C24H23ClN4O3. The molecule has 2 aromatic carbocycles. The van der Waals surface area contributed by atoms with Crippen LogP contribution < -0.4 is 10.9 Å². The van der Waals surface area contributed by atoms with E-state index in [1.807, 2.05) is 42.5 Å². The molecule has 1 aliphatic rings. The zero-order valence-corrected chi connectivity index (χ0v) is 18.2. The summed E-state index contributed by atoms with van der Waals surface area (Å²) in [6.07, 6.45) is 3.16. The van der Waals surface area contributed by atoms with Crippen LogP contribution in [0.1, 0.15) is 18.4 Å². The van der Waals surface area contributed by atoms with E-state index in [1.54, 1.807) is 6.07 Å². The molecule has 0 saturated carbocycles. The summed E-state index contributed by atoms with van der Waals surface area (Å²) in [6.45, 7) is 2.60. The third-order valence-corrected chi connectivity index (χ3v) is 6.19. The number of nitrogens with zero attached hydrogens (tertiary/aromatic N) is 3. The molecule has 1 N–H and O–H groups in total. The van der Waals surface area contributed by atoms with Gasteiger partial charge in [-0.05, 0) is 42.7 Å². The van der Waals surface area contributed by atoms with Crippen molar-refractivity contribution in [2.24, 2.45) is 0 Å². The van der Waals surface area contributed by atoms with Crippen molar-refractivity contribution < 1.29 is 9.21 Å². The van der Waals surface area contributed by atoms with Gasteiger partial charge in [0.25, 0.3) is 5.56 Å². The Labute approximate surface area is 189 Å². The molecule has 2 aromatic heterocycles. The number of aromatic nitrogens is 2. The SMILES string of the molecule is O=C(Cn1cnc2c(oc3ccccc32)c1=O)NC1CCN(Cc2ccc(Cl)cc2)CC1. The number of benzene rings is 2. The number of fused-ring (bicyclic) bond motifs is 3. The quantitative estimate of drug-likeness (QED) is 0.502. The van der Waals surface area contributed by atoms with E-state index in [2.05, 4.69) is 15.2 Å². The number of hydrogen-bond donors (Lipinski definition) is 1. The molecule has 164 valence electrons. The first-order valence-electron chi connectivity index (χ1n) is 10.7. The molecule has 0 atom stereocenters. The predicted octanol–water partition coefficient (Wildman–Crippen LogP) is 3.58. The fourth-order valence-electron chi connectivity index (χ4n) is 4.24. The second-order valence-electron chi connectivity index (χ2n) is 8.20. The number of furan rings is 1. The molecule has 0 aliphatic carbocycles. The molecule has 3 heterocycles. The lowest BCUT2D eigenvalue weighted by molar-refractivity contribution is -0.122. The largest absolute Gasteiger partial charge is 0.448 e. The Hall–Kier alpha value is -3.16. The zero-order valence-electron chi connectivity index (χ0n) is 17.5. The van der Waals surface area contributed by atoms with Crippen molar-refractivity contribution in [3.8, 4) is 0 Å². The summed E-state index contributed by atoms with van der Waals surface area (Å²) in [7, 11) is 0. The van der Waals surface area contributed by atoms with Crippen LogP contribution in [0, 0.1) is 0 Å². The average Bonchev–Trinajstić information content (AvgIpc) is 3.18. The van der Waals surface area contributed by atoms with E-state index in [4.69, 9.17) is 16.0 Å². The van der Waals surface area contributed by atoms with Gasteiger partial charge in [-0.2, -0.15) is 0 Å². The van der Waals surface area contributed by atoms with E-state index in [0.29, 0.717) is 11.1 Å². The molecule has 4 aromatic rings. The van der Waals surface area contributed by atoms with Crippen LogP contribution in [-0.4, -0.2) is 39.5 Å². The van der Waals surface area contributed by atoms with E-state index < -0.39 is 0 Å². The number of hydrogen-bond acceptors (Lipinski definition) is 5. The first kappa shape index (κ1) is 20.7. The van der Waals surface area contributed by atoms with Crippen LogP contribution in [0.4, 0.5) is 0 Å². The van der Waals surface area contributed by atoms with Crippen LogP contribution in [0.25, 0.3) is 22.1 Å². The fraction of sp³-hybridized carbons (Fsp3) is 0.292. The van der Waals surface area contributed by atoms with Crippen molar-refractivity contribution in [2.75, 3.05) is 13.1 Å². The highest BCUT2D eigenvalue weighted by Gasteiger charge is 2.21. The average molecular weight is 451 g/mol. The molecule has 7 nitrogen and oxygen atoms in total. The Morgan fingerprint density at radius 2 is 1.88 bits per heavy atom. The van der Waals surface area contributed by atoms with Crippen LogP contribution in [0.15, 0.2) is 64.1 Å². The van der Waals surface area contributed by atoms with E-state index in [-0.39, 0.29) is 29.6 Å². The summed E-state index contributed by atoms with van der Waals surface area (Å²) in [4.78, 5) is 32.1. The highest BCUT2D eigenvalue weighted by molar-refractivity contribution is 6.30. The molecule has 0 unspecified atom stereocenters. The molecule has 0 radical (unpaired) electrons. The van der Waals surface area contributed by atoms with Crippen LogP contribution in [0.3, 0.4) is 0 Å². The molecule has 32 heavy (non-hydrogen) atoms. The predicted molar refractivity (Wildman–Crippen MR) is 124 cm³/mol. The second-order valence-corrected chi connectivity index (χ2v) is 8.63. The van der Waals surface area contributed by atoms with Crippen molar-refractivity contribution in [1.29, 1.82) is 0 Å². The van der Waals surface area contributed by atoms with Gasteiger partial charge < -0.3 is 9.73 Å². The van der Waals surface area contributed by atoms with E-state index >= 15 is 0 Å². The third-order valence-electron chi connectivity index (χ3n) is 5.94. The van der Waals surface area contributed by atoms with Crippen molar-refractivity contribution in [3.63, 3.8) is 0 Å². The molecule has 5 rings (SSSR count). The maximum atomic E-state index is 12.8. The molecule has 1 saturated heterocycles. The van der Waals surface area contributed by atoms with Crippen LogP contribution >= 0.6 is 11.6 Å². The smallest absolute Gasteiger partial charge is 0.297 e. The third kappa shape index (κ3) is 4.26. The van der Waals surface area contributed by atoms with Gasteiger partial charge in [-0.3, -0.25) is 19.1 Å². The summed E-state index contributed by atoms with van der Waals surface area (Å²) in [5.41, 5.74) is 2.19. The number of rotatable bonds is 5. The topological polar surface area (TPSA) is 80.4 Å². The number of carbonyl (C=O) groups excluding carboxylic acids is 1. The van der Waals surface area contributed by atoms with E-state index in [1.165, 1.54) is 16.5 Å². The highest BCUT2D eigenvalue weighted by atomic mass is 35.5. The first-order chi connectivity index (χ1) is 15.6. The van der Waals surface area contributed by atoms with Gasteiger partial charge in [0, 0.05) is 36.1 Å². The maximum Gasteiger partial charge on any atom is 0.297 e. The van der Waals surface area contributed by atoms with Gasteiger partial charge in [0.1, 0.15) is 17.6 Å². The van der Waals surface area contributed by atoms with Crippen molar-refractivity contribution >= 4 is 39.6 Å². The second kappa shape index (κ2) is 8.76. The Bertz CT molecular complexity index is 1320. The molecule has 1 fully saturated rings. The lowest BCUT2D eigenvalue weighted by Gasteiger charge is -2.32. The Balaban J connectivity index is 1.19. The Kier molecular flexibility index (Phi) is 5.68. The van der Waals surface area contributed by atoms with Gasteiger partial charge in [-0.1, -0.05) is 35.9 Å². The van der Waals surface area contributed by atoms with E-state index in [0.717, 1.165) is 42.9 Å². The summed E-state index contributed by atoms with van der Waals surface area (Å²) in [5.74, 6) is -0.194. The maximum absolute atomic E-state index is 12.8. The van der Waals surface area contributed by atoms with Gasteiger partial charge in [0.05, 0.1) is 6.33 Å². The van der Waals surface area contributed by atoms with Crippen molar-refractivity contribution in [2.45, 2.75) is 32.0 Å². The summed E-state index contributed by atoms with van der Waals surface area (Å²) in [5, 5.41) is 4.59. The lowest BCUT2D eigenvalue weighted by atomic mass is 10.0. The highest BCUT2D eigenvalue weighted by Crippen LogP contribution is 2.24. The Morgan fingerprint density at radius 1 is 1.12 bits per heavy atom. The zero-order chi connectivity index (χ0) is 22.1. The van der Waals surface area contributed by atoms with Gasteiger partial charge in [-0.15, -0.1) is 0 Å². The first-order valence-corrected chi connectivity index (χ1v) is 11.1. The van der Waals surface area contributed by atoms with Gasteiger partial charge in [0.15, 0.2) is 0 Å². The number of halogens is 1. The molecule has 0 spiro atoms. The minimum Gasteiger partial charge on any atom is -0.448 e. The van der Waals surface area contributed by atoms with Crippen LogP contribution in [-0.2, 0) is 17.9 Å². The monoisotopic (exact) mass is 450 g/mol. The van der Waals surface area contributed by atoms with Crippen molar-refractivity contribution in [3.05, 3.63) is 75.8 Å². The van der Waals surface area contributed by atoms with Gasteiger partial charge in [0.2, 0.25) is 11.5 Å². The summed E-state index contributed by atoms with van der Waals surface area (Å²) < 4.78 is 6.98. The standard InChI is InChI=1S/C24H23ClN4O3/c25-17-7-5-16(6-8-17)13-28-11-9-18(10-12-28)27-21(30)14-29-15-26-22-19-3-1-2-4-20(19)32-23(22)24(29)31/h1-8,15,18H,9-14H2,(H,27,30). The molecular weight excluding hydrogens is 428 g/mol.